The topological polar surface area (TPSA) is 46.2 Å². The summed E-state index contributed by atoms with van der Waals surface area (Å²) < 4.78 is 0. The van der Waals surface area contributed by atoms with Crippen molar-refractivity contribution in [1.29, 1.82) is 0 Å². The summed E-state index contributed by atoms with van der Waals surface area (Å²) in [5.74, 6) is 0.114. The molecule has 1 rings (SSSR count). The van der Waals surface area contributed by atoms with Crippen LogP contribution < -0.4 is 5.32 Å². The van der Waals surface area contributed by atoms with Crippen LogP contribution in [-0.2, 0) is 9.59 Å². The van der Waals surface area contributed by atoms with Crippen molar-refractivity contribution in [2.75, 3.05) is 0 Å². The summed E-state index contributed by atoms with van der Waals surface area (Å²) in [7, 11) is 0. The van der Waals surface area contributed by atoms with Gasteiger partial charge in [0.1, 0.15) is 0 Å². The standard InChI is InChI=1S/C7H11NO2.C2H6/c1-4(2)7-5(9)3-6(10)8-7;1-2/h4,7H,3H2,1-2H3,(H,8,10);1-2H3. The average molecular weight is 171 g/mol. The minimum absolute atomic E-state index is 0.0278. The molecule has 0 bridgehead atoms. The lowest BCUT2D eigenvalue weighted by Crippen LogP contribution is -2.33. The Morgan fingerprint density at radius 3 is 2.00 bits per heavy atom. The van der Waals surface area contributed by atoms with Crippen LogP contribution in [0.25, 0.3) is 0 Å². The van der Waals surface area contributed by atoms with E-state index in [1.54, 1.807) is 0 Å². The number of Topliss-reactive ketones (excluding diaryl/α,β-unsaturated/α-hetero) is 1. The molecule has 1 fully saturated rings. The lowest BCUT2D eigenvalue weighted by molar-refractivity contribution is -0.122. The first kappa shape index (κ1) is 11.1. The fourth-order valence-electron chi connectivity index (χ4n) is 1.11. The maximum Gasteiger partial charge on any atom is 0.228 e. The molecule has 1 atom stereocenters. The fraction of sp³-hybridized carbons (Fsp3) is 0.778. The van der Waals surface area contributed by atoms with Crippen LogP contribution in [0.1, 0.15) is 34.1 Å². The number of hydrogen-bond acceptors (Lipinski definition) is 2. The Labute approximate surface area is 73.5 Å². The van der Waals surface area contributed by atoms with Gasteiger partial charge < -0.3 is 5.32 Å². The lowest BCUT2D eigenvalue weighted by Gasteiger charge is -2.11. The van der Waals surface area contributed by atoms with Gasteiger partial charge in [-0.3, -0.25) is 9.59 Å². The van der Waals surface area contributed by atoms with E-state index in [2.05, 4.69) is 5.32 Å². The second kappa shape index (κ2) is 4.91. The maximum atomic E-state index is 10.9. The van der Waals surface area contributed by atoms with Crippen molar-refractivity contribution in [3.8, 4) is 0 Å². The quantitative estimate of drug-likeness (QED) is 0.601. The highest BCUT2D eigenvalue weighted by atomic mass is 16.2. The number of amides is 1. The summed E-state index contributed by atoms with van der Waals surface area (Å²) in [5.41, 5.74) is 0. The highest BCUT2D eigenvalue weighted by molar-refractivity contribution is 6.07. The third-order valence-corrected chi connectivity index (χ3v) is 1.66. The zero-order valence-corrected chi connectivity index (χ0v) is 8.18. The third kappa shape index (κ3) is 2.64. The summed E-state index contributed by atoms with van der Waals surface area (Å²) in [6.45, 7) is 7.85. The Hall–Kier alpha value is -0.860. The van der Waals surface area contributed by atoms with Crippen molar-refractivity contribution >= 4 is 11.7 Å². The van der Waals surface area contributed by atoms with Crippen molar-refractivity contribution in [3.63, 3.8) is 0 Å². The van der Waals surface area contributed by atoms with E-state index in [-0.39, 0.29) is 30.1 Å². The van der Waals surface area contributed by atoms with Crippen molar-refractivity contribution in [2.24, 2.45) is 5.92 Å². The summed E-state index contributed by atoms with van der Waals surface area (Å²) >= 11 is 0. The SMILES string of the molecule is CC.CC(C)C1NC(=O)CC1=O. The Kier molecular flexibility index (Phi) is 4.55. The molecule has 0 aromatic rings. The van der Waals surface area contributed by atoms with Crippen LogP contribution in [0.2, 0.25) is 0 Å². The summed E-state index contributed by atoms with van der Waals surface area (Å²) in [4.78, 5) is 21.6. The van der Waals surface area contributed by atoms with Gasteiger partial charge in [0, 0.05) is 0 Å². The zero-order chi connectivity index (χ0) is 9.72. The minimum Gasteiger partial charge on any atom is -0.346 e. The van der Waals surface area contributed by atoms with Gasteiger partial charge in [0.25, 0.3) is 0 Å². The minimum atomic E-state index is -0.229. The molecule has 0 radical (unpaired) electrons. The Bertz CT molecular complexity index is 175. The molecule has 0 spiro atoms. The van der Waals surface area contributed by atoms with E-state index in [0.29, 0.717) is 0 Å². The van der Waals surface area contributed by atoms with Crippen LogP contribution in [0.4, 0.5) is 0 Å². The molecule has 1 saturated heterocycles. The number of carbonyl (C=O) groups is 2. The zero-order valence-electron chi connectivity index (χ0n) is 8.18. The van der Waals surface area contributed by atoms with Crippen molar-refractivity contribution in [1.82, 2.24) is 5.32 Å². The van der Waals surface area contributed by atoms with Gasteiger partial charge in [0.05, 0.1) is 12.5 Å². The van der Waals surface area contributed by atoms with E-state index in [1.165, 1.54) is 0 Å². The van der Waals surface area contributed by atoms with Crippen molar-refractivity contribution in [2.45, 2.75) is 40.2 Å². The van der Waals surface area contributed by atoms with Crippen LogP contribution in [0.3, 0.4) is 0 Å². The molecule has 3 heteroatoms. The molecule has 70 valence electrons. The van der Waals surface area contributed by atoms with E-state index in [0.717, 1.165) is 0 Å². The number of hydrogen-bond donors (Lipinski definition) is 1. The molecule has 1 N–H and O–H groups in total. The smallest absolute Gasteiger partial charge is 0.228 e. The van der Waals surface area contributed by atoms with Crippen LogP contribution >= 0.6 is 0 Å². The second-order valence-electron chi connectivity index (χ2n) is 2.93. The Morgan fingerprint density at radius 2 is 1.83 bits per heavy atom. The molecule has 1 amide bonds. The molecule has 12 heavy (non-hydrogen) atoms. The number of carbonyl (C=O) groups excluding carboxylic acids is 2. The van der Waals surface area contributed by atoms with Crippen molar-refractivity contribution in [3.05, 3.63) is 0 Å². The molecule has 1 aliphatic heterocycles. The summed E-state index contributed by atoms with van der Waals surface area (Å²) in [5, 5.41) is 2.61. The lowest BCUT2D eigenvalue weighted by atomic mass is 10.0. The van der Waals surface area contributed by atoms with E-state index >= 15 is 0 Å². The highest BCUT2D eigenvalue weighted by Crippen LogP contribution is 2.10. The van der Waals surface area contributed by atoms with Crippen LogP contribution in [-0.4, -0.2) is 17.7 Å². The predicted octanol–water partition coefficient (Wildman–Crippen LogP) is 1.13. The molecule has 1 unspecified atom stereocenters. The van der Waals surface area contributed by atoms with Gasteiger partial charge in [-0.2, -0.15) is 0 Å². The van der Waals surface area contributed by atoms with Crippen LogP contribution in [0.15, 0.2) is 0 Å². The van der Waals surface area contributed by atoms with E-state index < -0.39 is 0 Å². The molecule has 3 nitrogen and oxygen atoms in total. The normalized spacial score (nSPS) is 21.9. The highest BCUT2D eigenvalue weighted by Gasteiger charge is 2.31. The van der Waals surface area contributed by atoms with Crippen LogP contribution in [0.5, 0.6) is 0 Å². The molecule has 1 heterocycles. The Morgan fingerprint density at radius 1 is 1.33 bits per heavy atom. The molecule has 0 aliphatic carbocycles. The van der Waals surface area contributed by atoms with E-state index in [9.17, 15) is 9.59 Å². The summed E-state index contributed by atoms with van der Waals surface area (Å²) in [6, 6.07) is -0.229. The summed E-state index contributed by atoms with van der Waals surface area (Å²) in [6.07, 6.45) is 0.0723. The first-order chi connectivity index (χ1) is 5.61. The number of rotatable bonds is 1. The molecule has 1 aliphatic rings. The molecule has 0 saturated carbocycles. The first-order valence-electron chi connectivity index (χ1n) is 4.43. The molecule has 0 aromatic carbocycles. The molecular weight excluding hydrogens is 154 g/mol. The van der Waals surface area contributed by atoms with Gasteiger partial charge in [-0.15, -0.1) is 0 Å². The van der Waals surface area contributed by atoms with Gasteiger partial charge in [-0.1, -0.05) is 27.7 Å². The monoisotopic (exact) mass is 171 g/mol. The van der Waals surface area contributed by atoms with Gasteiger partial charge in [-0.25, -0.2) is 0 Å². The average Bonchev–Trinajstić information content (AvgIpc) is 2.34. The molecule has 0 aromatic heterocycles. The van der Waals surface area contributed by atoms with E-state index in [1.807, 2.05) is 27.7 Å². The molecular formula is C9H17NO2. The van der Waals surface area contributed by atoms with E-state index in [4.69, 9.17) is 0 Å². The number of ketones is 1. The first-order valence-corrected chi connectivity index (χ1v) is 4.43. The fourth-order valence-corrected chi connectivity index (χ4v) is 1.11. The maximum absolute atomic E-state index is 10.9. The van der Waals surface area contributed by atoms with Gasteiger partial charge in [0.15, 0.2) is 5.78 Å². The van der Waals surface area contributed by atoms with Gasteiger partial charge >= 0.3 is 0 Å². The largest absolute Gasteiger partial charge is 0.346 e. The predicted molar refractivity (Wildman–Crippen MR) is 47.7 cm³/mol. The van der Waals surface area contributed by atoms with Crippen LogP contribution in [0, 0.1) is 5.92 Å². The third-order valence-electron chi connectivity index (χ3n) is 1.66. The van der Waals surface area contributed by atoms with Crippen molar-refractivity contribution < 1.29 is 9.59 Å². The number of nitrogens with one attached hydrogen (secondary N) is 1. The van der Waals surface area contributed by atoms with Gasteiger partial charge in [0.2, 0.25) is 5.91 Å². The van der Waals surface area contributed by atoms with Gasteiger partial charge in [-0.05, 0) is 5.92 Å². The second-order valence-corrected chi connectivity index (χ2v) is 2.93. The Balaban J connectivity index is 0.000000561.